The molecule has 0 bridgehead atoms. The molecule has 0 radical (unpaired) electrons. The molecule has 0 saturated heterocycles. The molecule has 0 spiro atoms. The molecule has 0 aliphatic rings. The van der Waals surface area contributed by atoms with E-state index in [9.17, 15) is 4.79 Å². The number of benzene rings is 1. The van der Waals surface area contributed by atoms with Gasteiger partial charge in [-0.05, 0) is 45.4 Å². The Kier molecular flexibility index (Phi) is 9.22. The van der Waals surface area contributed by atoms with Gasteiger partial charge in [0.1, 0.15) is 11.3 Å². The molecule has 7 nitrogen and oxygen atoms in total. The van der Waals surface area contributed by atoms with Crippen LogP contribution in [0.1, 0.15) is 48.2 Å². The van der Waals surface area contributed by atoms with Crippen molar-refractivity contribution in [1.82, 2.24) is 16.0 Å². The maximum absolute atomic E-state index is 12.0. The van der Waals surface area contributed by atoms with Gasteiger partial charge >= 0.3 is 0 Å². The number of nitrogens with one attached hydrogen (secondary N) is 3. The normalized spacial score (nSPS) is 12.3. The zero-order valence-corrected chi connectivity index (χ0v) is 19.9. The molecule has 2 heterocycles. The number of fused-ring (bicyclic) bond motifs is 1. The number of halogens is 1. The lowest BCUT2D eigenvalue weighted by atomic mass is 10.2. The van der Waals surface area contributed by atoms with E-state index in [0.29, 0.717) is 24.8 Å². The highest BCUT2D eigenvalue weighted by Gasteiger charge is 2.13. The van der Waals surface area contributed by atoms with Gasteiger partial charge in [-0.3, -0.25) is 9.79 Å². The molecular weight excluding hydrogens is 495 g/mol. The fraction of sp³-hybridized carbons (Fsp3) is 0.364. The number of para-hydroxylation sites is 1. The molecule has 3 rings (SSSR count). The van der Waals surface area contributed by atoms with Crippen LogP contribution in [0.15, 0.2) is 56.5 Å². The first-order chi connectivity index (χ1) is 14.1. The third kappa shape index (κ3) is 6.25. The number of amides is 1. The van der Waals surface area contributed by atoms with E-state index in [2.05, 4.69) is 20.9 Å². The van der Waals surface area contributed by atoms with Crippen LogP contribution in [0.3, 0.4) is 0 Å². The van der Waals surface area contributed by atoms with Crippen LogP contribution in [-0.2, 0) is 0 Å². The summed E-state index contributed by atoms with van der Waals surface area (Å²) < 4.78 is 11.1. The average molecular weight is 524 g/mol. The van der Waals surface area contributed by atoms with Crippen molar-refractivity contribution in [3.8, 4) is 0 Å². The van der Waals surface area contributed by atoms with Crippen molar-refractivity contribution in [2.75, 3.05) is 19.6 Å². The van der Waals surface area contributed by atoms with E-state index in [1.165, 1.54) is 6.26 Å². The fourth-order valence-corrected chi connectivity index (χ4v) is 2.97. The van der Waals surface area contributed by atoms with Crippen molar-refractivity contribution in [2.45, 2.75) is 33.2 Å². The summed E-state index contributed by atoms with van der Waals surface area (Å²) in [5.41, 5.74) is 1.71. The summed E-state index contributed by atoms with van der Waals surface area (Å²) in [6, 6.07) is 11.7. The molecule has 0 aliphatic heterocycles. The van der Waals surface area contributed by atoms with Gasteiger partial charge in [-0.2, -0.15) is 0 Å². The molecule has 0 saturated carbocycles. The second-order valence-corrected chi connectivity index (χ2v) is 6.86. The first-order valence-corrected chi connectivity index (χ1v) is 9.94. The summed E-state index contributed by atoms with van der Waals surface area (Å²) >= 11 is 0. The van der Waals surface area contributed by atoms with Crippen molar-refractivity contribution >= 4 is 46.8 Å². The molecule has 0 fully saturated rings. The van der Waals surface area contributed by atoms with E-state index in [1.54, 1.807) is 6.07 Å². The summed E-state index contributed by atoms with van der Waals surface area (Å²) in [4.78, 5) is 16.6. The van der Waals surface area contributed by atoms with E-state index < -0.39 is 0 Å². The van der Waals surface area contributed by atoms with Gasteiger partial charge in [-0.1, -0.05) is 18.2 Å². The van der Waals surface area contributed by atoms with E-state index in [-0.39, 0.29) is 35.9 Å². The van der Waals surface area contributed by atoms with E-state index in [4.69, 9.17) is 8.83 Å². The maximum atomic E-state index is 12.0. The number of carbonyl (C=O) groups excluding carboxylic acids is 1. The fourth-order valence-electron chi connectivity index (χ4n) is 2.97. The number of rotatable bonds is 8. The van der Waals surface area contributed by atoms with Crippen LogP contribution in [0.25, 0.3) is 11.0 Å². The molecule has 1 unspecified atom stereocenters. The summed E-state index contributed by atoms with van der Waals surface area (Å²) in [6.45, 7) is 7.78. The van der Waals surface area contributed by atoms with Crippen LogP contribution in [0.4, 0.5) is 0 Å². The van der Waals surface area contributed by atoms with Crippen LogP contribution in [0.2, 0.25) is 0 Å². The second-order valence-electron chi connectivity index (χ2n) is 6.86. The van der Waals surface area contributed by atoms with Crippen LogP contribution < -0.4 is 16.0 Å². The Labute approximate surface area is 193 Å². The predicted molar refractivity (Wildman–Crippen MR) is 130 cm³/mol. The van der Waals surface area contributed by atoms with Crippen molar-refractivity contribution < 1.29 is 13.6 Å². The molecular formula is C22H29IN4O3. The van der Waals surface area contributed by atoms with Crippen molar-refractivity contribution in [2.24, 2.45) is 4.99 Å². The summed E-state index contributed by atoms with van der Waals surface area (Å²) in [5, 5.41) is 10.5. The highest BCUT2D eigenvalue weighted by atomic mass is 127. The van der Waals surface area contributed by atoms with Gasteiger partial charge in [0.15, 0.2) is 11.7 Å². The summed E-state index contributed by atoms with van der Waals surface area (Å²) in [5.74, 6) is 1.75. The first-order valence-electron chi connectivity index (χ1n) is 9.94. The van der Waals surface area contributed by atoms with E-state index in [0.717, 1.165) is 35.3 Å². The molecule has 8 heteroatoms. The number of nitrogens with zero attached hydrogens (tertiary/aromatic N) is 1. The topological polar surface area (TPSA) is 91.8 Å². The molecule has 0 aliphatic carbocycles. The monoisotopic (exact) mass is 524 g/mol. The van der Waals surface area contributed by atoms with Gasteiger partial charge < -0.3 is 24.8 Å². The Morgan fingerprint density at radius 3 is 2.70 bits per heavy atom. The SMILES string of the molecule is CCNC(=NCCCNC(=O)c1occc1C)NC(C)c1cc2ccccc2o1.I. The lowest BCUT2D eigenvalue weighted by molar-refractivity contribution is 0.0925. The largest absolute Gasteiger partial charge is 0.459 e. The zero-order chi connectivity index (χ0) is 20.6. The Morgan fingerprint density at radius 1 is 1.20 bits per heavy atom. The highest BCUT2D eigenvalue weighted by molar-refractivity contribution is 14.0. The smallest absolute Gasteiger partial charge is 0.287 e. The number of hydrogen-bond acceptors (Lipinski definition) is 4. The van der Waals surface area contributed by atoms with Gasteiger partial charge in [-0.25, -0.2) is 0 Å². The van der Waals surface area contributed by atoms with Crippen LogP contribution in [-0.4, -0.2) is 31.5 Å². The zero-order valence-electron chi connectivity index (χ0n) is 17.5. The first kappa shape index (κ1) is 23.8. The third-order valence-corrected chi connectivity index (χ3v) is 4.53. The molecule has 30 heavy (non-hydrogen) atoms. The van der Waals surface area contributed by atoms with Gasteiger partial charge in [0.05, 0.1) is 12.3 Å². The third-order valence-electron chi connectivity index (χ3n) is 4.53. The molecule has 1 aromatic carbocycles. The lowest BCUT2D eigenvalue weighted by Gasteiger charge is -2.16. The Hall–Kier alpha value is -2.49. The number of aliphatic imine (C=N–C) groups is 1. The number of guanidine groups is 1. The molecule has 1 amide bonds. The van der Waals surface area contributed by atoms with Gasteiger partial charge in [0, 0.05) is 30.6 Å². The molecule has 2 aromatic heterocycles. The summed E-state index contributed by atoms with van der Waals surface area (Å²) in [6.07, 6.45) is 2.24. The minimum absolute atomic E-state index is 0. The van der Waals surface area contributed by atoms with Gasteiger partial charge in [-0.15, -0.1) is 24.0 Å². The van der Waals surface area contributed by atoms with Crippen molar-refractivity contribution in [1.29, 1.82) is 0 Å². The van der Waals surface area contributed by atoms with Crippen molar-refractivity contribution in [3.63, 3.8) is 0 Å². The average Bonchev–Trinajstić information content (AvgIpc) is 3.33. The standard InChI is InChI=1S/C22H28N4O3.HI/c1-4-23-22(25-12-7-11-24-21(27)20-15(2)10-13-28-20)26-16(3)19-14-17-8-5-6-9-18(17)29-19;/h5-6,8-10,13-14,16H,4,7,11-12H2,1-3H3,(H,24,27)(H2,23,25,26);1H. The minimum Gasteiger partial charge on any atom is -0.459 e. The Balaban J connectivity index is 0.00000320. The number of furan rings is 2. The van der Waals surface area contributed by atoms with Gasteiger partial charge in [0.25, 0.3) is 5.91 Å². The lowest BCUT2D eigenvalue weighted by Crippen LogP contribution is -2.38. The molecule has 1 atom stereocenters. The molecule has 3 aromatic rings. The Morgan fingerprint density at radius 2 is 2.00 bits per heavy atom. The maximum Gasteiger partial charge on any atom is 0.287 e. The van der Waals surface area contributed by atoms with Crippen LogP contribution in [0, 0.1) is 6.92 Å². The molecule has 162 valence electrons. The number of hydrogen-bond donors (Lipinski definition) is 3. The van der Waals surface area contributed by atoms with Gasteiger partial charge in [0.2, 0.25) is 0 Å². The second kappa shape index (κ2) is 11.6. The molecule has 3 N–H and O–H groups in total. The Bertz CT molecular complexity index is 947. The quantitative estimate of drug-likeness (QED) is 0.176. The minimum atomic E-state index is -0.194. The van der Waals surface area contributed by atoms with Crippen molar-refractivity contribution in [3.05, 3.63) is 59.7 Å². The van der Waals surface area contributed by atoms with E-state index in [1.807, 2.05) is 51.1 Å². The van der Waals surface area contributed by atoms with E-state index >= 15 is 0 Å². The number of carbonyl (C=O) groups is 1. The van der Waals surface area contributed by atoms with Crippen LogP contribution >= 0.6 is 24.0 Å². The van der Waals surface area contributed by atoms with Crippen LogP contribution in [0.5, 0.6) is 0 Å². The highest BCUT2D eigenvalue weighted by Crippen LogP contribution is 2.23. The number of aryl methyl sites for hydroxylation is 1. The predicted octanol–water partition coefficient (Wildman–Crippen LogP) is 4.39. The summed E-state index contributed by atoms with van der Waals surface area (Å²) in [7, 11) is 0.